The van der Waals surface area contributed by atoms with Crippen LogP contribution in [-0.4, -0.2) is 42.7 Å². The van der Waals surface area contributed by atoms with Crippen molar-refractivity contribution in [2.24, 2.45) is 0 Å². The molecule has 1 amide bonds. The molecular weight excluding hydrogens is 456 g/mol. The molecule has 0 spiro atoms. The summed E-state index contributed by atoms with van der Waals surface area (Å²) in [5.74, 6) is 1.16. The molecule has 8 nitrogen and oxygen atoms in total. The molecule has 180 valence electrons. The highest BCUT2D eigenvalue weighted by molar-refractivity contribution is 7.92. The van der Waals surface area contributed by atoms with Crippen LogP contribution in [0.15, 0.2) is 65.6 Å². The van der Waals surface area contributed by atoms with Gasteiger partial charge in [0.1, 0.15) is 0 Å². The molecule has 0 aliphatic rings. The number of ether oxygens (including phenoxy) is 3. The van der Waals surface area contributed by atoms with Gasteiger partial charge in [0.05, 0.1) is 31.9 Å². The average Bonchev–Trinajstić information content (AvgIpc) is 2.86. The summed E-state index contributed by atoms with van der Waals surface area (Å²) in [5.41, 5.74) is 2.59. The van der Waals surface area contributed by atoms with Crippen LogP contribution in [0.3, 0.4) is 0 Å². The zero-order chi connectivity index (χ0) is 24.9. The number of carbonyl (C=O) groups excluding carboxylic acids is 1. The van der Waals surface area contributed by atoms with Gasteiger partial charge >= 0.3 is 0 Å². The molecule has 1 N–H and O–H groups in total. The van der Waals surface area contributed by atoms with Gasteiger partial charge in [-0.2, -0.15) is 0 Å². The second-order valence-electron chi connectivity index (χ2n) is 7.55. The van der Waals surface area contributed by atoms with Gasteiger partial charge in [0, 0.05) is 19.2 Å². The molecule has 3 aromatic rings. The highest BCUT2D eigenvalue weighted by atomic mass is 32.2. The Morgan fingerprint density at radius 1 is 0.882 bits per heavy atom. The number of hydrogen-bond acceptors (Lipinski definition) is 6. The summed E-state index contributed by atoms with van der Waals surface area (Å²) in [4.78, 5) is 12.9. The van der Waals surface area contributed by atoms with E-state index in [9.17, 15) is 13.2 Å². The van der Waals surface area contributed by atoms with Crippen LogP contribution in [0.1, 0.15) is 21.5 Å². The van der Waals surface area contributed by atoms with Crippen LogP contribution < -0.4 is 23.8 Å². The number of anilines is 1. The molecular formula is C25H28N2O6S. The maximum atomic E-state index is 12.9. The first-order valence-corrected chi connectivity index (χ1v) is 11.9. The number of aryl methyl sites for hydroxylation is 1. The largest absolute Gasteiger partial charge is 0.493 e. The molecule has 0 heterocycles. The topological polar surface area (TPSA) is 94.2 Å². The van der Waals surface area contributed by atoms with Gasteiger partial charge in [-0.15, -0.1) is 0 Å². The van der Waals surface area contributed by atoms with Crippen LogP contribution in [0.5, 0.6) is 17.2 Å². The molecule has 0 unspecified atom stereocenters. The van der Waals surface area contributed by atoms with Crippen molar-refractivity contribution in [2.75, 3.05) is 32.7 Å². The lowest BCUT2D eigenvalue weighted by Gasteiger charge is -2.20. The molecule has 3 aromatic carbocycles. The third-order valence-corrected chi connectivity index (χ3v) is 7.15. The van der Waals surface area contributed by atoms with Gasteiger partial charge in [-0.1, -0.05) is 17.7 Å². The Morgan fingerprint density at radius 2 is 1.44 bits per heavy atom. The molecule has 0 aliphatic heterocycles. The van der Waals surface area contributed by atoms with Crippen molar-refractivity contribution < 1.29 is 27.4 Å². The van der Waals surface area contributed by atoms with Crippen LogP contribution in [0.4, 0.5) is 5.69 Å². The number of rotatable bonds is 9. The number of sulfonamides is 1. The Kier molecular flexibility index (Phi) is 7.68. The summed E-state index contributed by atoms with van der Waals surface area (Å²) in [5, 5.41) is 2.84. The predicted molar refractivity (Wildman–Crippen MR) is 130 cm³/mol. The SMILES string of the molecule is COc1cc(CNC(=O)c2ccc(N(C)S(=O)(=O)c3ccc(C)cc3)cc2)cc(OC)c1OC. The number of hydrogen-bond donors (Lipinski definition) is 1. The van der Waals surface area contributed by atoms with E-state index in [1.165, 1.54) is 32.7 Å². The van der Waals surface area contributed by atoms with E-state index in [1.807, 2.05) is 6.92 Å². The Balaban J connectivity index is 1.71. The van der Waals surface area contributed by atoms with Crippen LogP contribution in [-0.2, 0) is 16.6 Å². The zero-order valence-electron chi connectivity index (χ0n) is 19.8. The lowest BCUT2D eigenvalue weighted by molar-refractivity contribution is 0.0951. The van der Waals surface area contributed by atoms with Crippen LogP contribution in [0.25, 0.3) is 0 Å². The number of nitrogens with one attached hydrogen (secondary N) is 1. The molecule has 9 heteroatoms. The van der Waals surface area contributed by atoms with E-state index in [0.29, 0.717) is 28.5 Å². The smallest absolute Gasteiger partial charge is 0.264 e. The first kappa shape index (κ1) is 24.9. The standard InChI is InChI=1S/C25H28N2O6S/c1-17-6-12-21(13-7-17)34(29,30)27(2)20-10-8-19(9-11-20)25(28)26-16-18-14-22(31-3)24(33-5)23(15-18)32-4/h6-15H,16H2,1-5H3,(H,26,28). The van der Waals surface area contributed by atoms with Gasteiger partial charge in [0.15, 0.2) is 11.5 Å². The van der Waals surface area contributed by atoms with Gasteiger partial charge in [-0.3, -0.25) is 9.10 Å². The molecule has 0 fully saturated rings. The highest BCUT2D eigenvalue weighted by Crippen LogP contribution is 2.38. The summed E-state index contributed by atoms with van der Waals surface area (Å²) in [6.45, 7) is 2.13. The lowest BCUT2D eigenvalue weighted by atomic mass is 10.1. The predicted octanol–water partition coefficient (Wildman–Crippen LogP) is 3.78. The van der Waals surface area contributed by atoms with E-state index in [4.69, 9.17) is 14.2 Å². The number of benzene rings is 3. The molecule has 0 saturated carbocycles. The van der Waals surface area contributed by atoms with Crippen molar-refractivity contribution in [3.05, 3.63) is 77.4 Å². The number of amides is 1. The molecule has 0 aliphatic carbocycles. The van der Waals surface area contributed by atoms with Crippen molar-refractivity contribution in [1.29, 1.82) is 0 Å². The highest BCUT2D eigenvalue weighted by Gasteiger charge is 2.21. The summed E-state index contributed by atoms with van der Waals surface area (Å²) in [7, 11) is 2.35. The molecule has 0 bridgehead atoms. The fraction of sp³-hybridized carbons (Fsp3) is 0.240. The monoisotopic (exact) mass is 484 g/mol. The first-order chi connectivity index (χ1) is 16.2. The maximum absolute atomic E-state index is 12.9. The van der Waals surface area contributed by atoms with Gasteiger partial charge < -0.3 is 19.5 Å². The Morgan fingerprint density at radius 3 is 1.94 bits per heavy atom. The van der Waals surface area contributed by atoms with Crippen molar-refractivity contribution in [2.45, 2.75) is 18.4 Å². The van der Waals surface area contributed by atoms with E-state index in [-0.39, 0.29) is 17.3 Å². The summed E-state index contributed by atoms with van der Waals surface area (Å²) in [6.07, 6.45) is 0. The molecule has 0 aromatic heterocycles. The summed E-state index contributed by atoms with van der Waals surface area (Å²) < 4.78 is 43.0. The normalized spacial score (nSPS) is 11.0. The summed E-state index contributed by atoms with van der Waals surface area (Å²) in [6, 6.07) is 16.5. The van der Waals surface area contributed by atoms with Crippen molar-refractivity contribution >= 4 is 21.6 Å². The molecule has 34 heavy (non-hydrogen) atoms. The summed E-state index contributed by atoms with van der Waals surface area (Å²) >= 11 is 0. The van der Waals surface area contributed by atoms with Crippen LogP contribution in [0.2, 0.25) is 0 Å². The van der Waals surface area contributed by atoms with Crippen molar-refractivity contribution in [3.8, 4) is 17.2 Å². The maximum Gasteiger partial charge on any atom is 0.264 e. The van der Waals surface area contributed by atoms with E-state index in [0.717, 1.165) is 11.1 Å². The fourth-order valence-corrected chi connectivity index (χ4v) is 4.55. The molecule has 0 radical (unpaired) electrons. The third-order valence-electron chi connectivity index (χ3n) is 5.35. The average molecular weight is 485 g/mol. The number of methoxy groups -OCH3 is 3. The van der Waals surface area contributed by atoms with Gasteiger partial charge in [0.2, 0.25) is 5.75 Å². The van der Waals surface area contributed by atoms with Crippen LogP contribution >= 0.6 is 0 Å². The minimum atomic E-state index is -3.71. The minimum Gasteiger partial charge on any atom is -0.493 e. The lowest BCUT2D eigenvalue weighted by Crippen LogP contribution is -2.27. The van der Waals surface area contributed by atoms with Crippen LogP contribution in [0, 0.1) is 6.92 Å². The van der Waals surface area contributed by atoms with E-state index >= 15 is 0 Å². The van der Waals surface area contributed by atoms with Gasteiger partial charge in [-0.25, -0.2) is 8.42 Å². The number of carbonyl (C=O) groups is 1. The van der Waals surface area contributed by atoms with Gasteiger partial charge in [-0.05, 0) is 61.0 Å². The van der Waals surface area contributed by atoms with E-state index < -0.39 is 10.0 Å². The first-order valence-electron chi connectivity index (χ1n) is 10.4. The Labute approximate surface area is 200 Å². The fourth-order valence-electron chi connectivity index (χ4n) is 3.35. The minimum absolute atomic E-state index is 0.202. The Bertz CT molecular complexity index is 1230. The van der Waals surface area contributed by atoms with Crippen molar-refractivity contribution in [3.63, 3.8) is 0 Å². The molecule has 0 saturated heterocycles. The van der Waals surface area contributed by atoms with Gasteiger partial charge in [0.25, 0.3) is 15.9 Å². The third kappa shape index (κ3) is 5.26. The molecule has 3 rings (SSSR count). The molecule has 0 atom stereocenters. The zero-order valence-corrected chi connectivity index (χ0v) is 20.6. The van der Waals surface area contributed by atoms with E-state index in [2.05, 4.69) is 5.32 Å². The second-order valence-corrected chi connectivity index (χ2v) is 9.52. The van der Waals surface area contributed by atoms with E-state index in [1.54, 1.807) is 60.7 Å². The number of nitrogens with zero attached hydrogens (tertiary/aromatic N) is 1. The van der Waals surface area contributed by atoms with Crippen molar-refractivity contribution in [1.82, 2.24) is 5.32 Å². The second kappa shape index (κ2) is 10.5. The quantitative estimate of drug-likeness (QED) is 0.497. The Hall–Kier alpha value is -3.72.